The number of benzene rings is 1. The lowest BCUT2D eigenvalue weighted by Crippen LogP contribution is -2.32. The van der Waals surface area contributed by atoms with Crippen LogP contribution in [0.2, 0.25) is 5.02 Å². The average molecular weight is 243 g/mol. The van der Waals surface area contributed by atoms with E-state index >= 15 is 0 Å². The van der Waals surface area contributed by atoms with Gasteiger partial charge in [0.25, 0.3) is 5.91 Å². The second-order valence-electron chi connectivity index (χ2n) is 3.49. The molecule has 16 heavy (non-hydrogen) atoms. The van der Waals surface area contributed by atoms with Crippen molar-refractivity contribution in [3.63, 3.8) is 0 Å². The lowest BCUT2D eigenvalue weighted by molar-refractivity contribution is 0.0794. The predicted octanol–water partition coefficient (Wildman–Crippen LogP) is 1.34. The second-order valence-corrected chi connectivity index (χ2v) is 3.93. The summed E-state index contributed by atoms with van der Waals surface area (Å²) in [7, 11) is 3.51. The molecule has 4 nitrogen and oxygen atoms in total. The van der Waals surface area contributed by atoms with Gasteiger partial charge in [-0.2, -0.15) is 0 Å². The molecule has 0 aliphatic carbocycles. The Hall–Kier alpha value is -1.26. The smallest absolute Gasteiger partial charge is 0.257 e. The Morgan fingerprint density at radius 3 is 2.81 bits per heavy atom. The van der Waals surface area contributed by atoms with Crippen molar-refractivity contribution in [1.29, 1.82) is 0 Å². The van der Waals surface area contributed by atoms with Crippen LogP contribution in [0.5, 0.6) is 5.75 Å². The molecule has 0 saturated heterocycles. The number of hydrogen-bond donors (Lipinski definition) is 2. The Kier molecular flexibility index (Phi) is 4.58. The Labute approximate surface area is 99.8 Å². The van der Waals surface area contributed by atoms with Crippen molar-refractivity contribution in [2.24, 2.45) is 0 Å². The van der Waals surface area contributed by atoms with E-state index in [0.717, 1.165) is 0 Å². The molecule has 5 heteroatoms. The molecule has 0 saturated carbocycles. The van der Waals surface area contributed by atoms with Gasteiger partial charge in [0, 0.05) is 25.2 Å². The van der Waals surface area contributed by atoms with Gasteiger partial charge in [0.2, 0.25) is 0 Å². The standard InChI is InChI=1S/C11H15ClN2O2/c1-13-5-6-14(2)11(16)9-4-3-8(12)7-10(9)15/h3-4,7,13,15H,5-6H2,1-2H3. The number of phenolic OH excluding ortho intramolecular Hbond substituents is 1. The zero-order valence-electron chi connectivity index (χ0n) is 9.33. The molecule has 0 fully saturated rings. The van der Waals surface area contributed by atoms with E-state index in [9.17, 15) is 9.90 Å². The minimum absolute atomic E-state index is 0.0891. The molecule has 88 valence electrons. The molecule has 0 aliphatic heterocycles. The van der Waals surface area contributed by atoms with E-state index in [-0.39, 0.29) is 17.2 Å². The highest BCUT2D eigenvalue weighted by Gasteiger charge is 2.15. The summed E-state index contributed by atoms with van der Waals surface area (Å²) < 4.78 is 0. The highest BCUT2D eigenvalue weighted by Crippen LogP contribution is 2.22. The summed E-state index contributed by atoms with van der Waals surface area (Å²) in [6.45, 7) is 1.29. The number of halogens is 1. The fourth-order valence-corrected chi connectivity index (χ4v) is 1.44. The van der Waals surface area contributed by atoms with Crippen molar-refractivity contribution in [3.8, 4) is 5.75 Å². The summed E-state index contributed by atoms with van der Waals surface area (Å²) in [5, 5.41) is 12.9. The van der Waals surface area contributed by atoms with E-state index in [1.54, 1.807) is 18.0 Å². The van der Waals surface area contributed by atoms with Crippen molar-refractivity contribution in [2.45, 2.75) is 0 Å². The number of carbonyl (C=O) groups is 1. The van der Waals surface area contributed by atoms with Crippen LogP contribution in [0.15, 0.2) is 18.2 Å². The topological polar surface area (TPSA) is 52.6 Å². The van der Waals surface area contributed by atoms with E-state index in [4.69, 9.17) is 11.6 Å². The molecule has 0 radical (unpaired) electrons. The summed E-state index contributed by atoms with van der Waals surface area (Å²) in [5.74, 6) is -0.307. The number of amides is 1. The zero-order valence-corrected chi connectivity index (χ0v) is 10.1. The van der Waals surface area contributed by atoms with Gasteiger partial charge in [-0.3, -0.25) is 4.79 Å². The number of likely N-dealkylation sites (N-methyl/N-ethyl adjacent to an activating group) is 2. The van der Waals surface area contributed by atoms with Gasteiger partial charge in [0.05, 0.1) is 5.56 Å². The SMILES string of the molecule is CNCCN(C)C(=O)c1ccc(Cl)cc1O. The first kappa shape index (κ1) is 12.8. The Morgan fingerprint density at radius 1 is 1.56 bits per heavy atom. The molecule has 0 aliphatic rings. The number of hydrogen-bond acceptors (Lipinski definition) is 3. The van der Waals surface area contributed by atoms with Gasteiger partial charge in [-0.15, -0.1) is 0 Å². The zero-order chi connectivity index (χ0) is 12.1. The van der Waals surface area contributed by atoms with Crippen LogP contribution < -0.4 is 5.32 Å². The summed E-state index contributed by atoms with van der Waals surface area (Å²) in [5.41, 5.74) is 0.267. The van der Waals surface area contributed by atoms with Crippen molar-refractivity contribution in [3.05, 3.63) is 28.8 Å². The Morgan fingerprint density at radius 2 is 2.25 bits per heavy atom. The maximum absolute atomic E-state index is 11.9. The first-order valence-corrected chi connectivity index (χ1v) is 5.32. The number of rotatable bonds is 4. The van der Waals surface area contributed by atoms with Crippen LogP contribution in [0.1, 0.15) is 10.4 Å². The lowest BCUT2D eigenvalue weighted by atomic mass is 10.2. The van der Waals surface area contributed by atoms with E-state index in [2.05, 4.69) is 5.32 Å². The second kappa shape index (κ2) is 5.72. The predicted molar refractivity (Wildman–Crippen MR) is 64.0 cm³/mol. The average Bonchev–Trinajstić information content (AvgIpc) is 2.25. The van der Waals surface area contributed by atoms with Crippen LogP contribution >= 0.6 is 11.6 Å². The number of carbonyl (C=O) groups excluding carboxylic acids is 1. The third-order valence-corrected chi connectivity index (χ3v) is 2.47. The van der Waals surface area contributed by atoms with E-state index in [1.165, 1.54) is 12.1 Å². The summed E-state index contributed by atoms with van der Waals surface area (Å²) >= 11 is 5.69. The summed E-state index contributed by atoms with van der Waals surface area (Å²) in [4.78, 5) is 13.4. The molecule has 0 aromatic heterocycles. The van der Waals surface area contributed by atoms with Crippen LogP contribution in [0.3, 0.4) is 0 Å². The fourth-order valence-electron chi connectivity index (χ4n) is 1.27. The van der Waals surface area contributed by atoms with E-state index in [1.807, 2.05) is 7.05 Å². The molecule has 2 N–H and O–H groups in total. The maximum atomic E-state index is 11.9. The van der Waals surface area contributed by atoms with Crippen LogP contribution in [0.4, 0.5) is 0 Å². The van der Waals surface area contributed by atoms with Gasteiger partial charge in [-0.1, -0.05) is 11.6 Å². The van der Waals surface area contributed by atoms with Gasteiger partial charge in [0.1, 0.15) is 5.75 Å². The summed E-state index contributed by atoms with van der Waals surface area (Å²) in [6, 6.07) is 4.47. The van der Waals surface area contributed by atoms with Crippen LogP contribution in [0.25, 0.3) is 0 Å². The maximum Gasteiger partial charge on any atom is 0.257 e. The highest BCUT2D eigenvalue weighted by atomic mass is 35.5. The quantitative estimate of drug-likeness (QED) is 0.838. The van der Waals surface area contributed by atoms with Crippen LogP contribution in [0, 0.1) is 0 Å². The molecule has 0 atom stereocenters. The molecule has 0 unspecified atom stereocenters. The number of aromatic hydroxyl groups is 1. The van der Waals surface area contributed by atoms with Gasteiger partial charge in [-0.25, -0.2) is 0 Å². The first-order valence-electron chi connectivity index (χ1n) is 4.95. The molecule has 0 bridgehead atoms. The van der Waals surface area contributed by atoms with Crippen LogP contribution in [-0.2, 0) is 0 Å². The van der Waals surface area contributed by atoms with Crippen LogP contribution in [-0.4, -0.2) is 43.1 Å². The number of phenols is 1. The number of nitrogens with zero attached hydrogens (tertiary/aromatic N) is 1. The normalized spacial score (nSPS) is 10.2. The summed E-state index contributed by atoms with van der Waals surface area (Å²) in [6.07, 6.45) is 0. The molecule has 1 aromatic carbocycles. The molecule has 1 aromatic rings. The van der Waals surface area contributed by atoms with Crippen molar-refractivity contribution in [2.75, 3.05) is 27.2 Å². The first-order chi connectivity index (χ1) is 7.56. The molecular weight excluding hydrogens is 228 g/mol. The van der Waals surface area contributed by atoms with E-state index < -0.39 is 0 Å². The fraction of sp³-hybridized carbons (Fsp3) is 0.364. The minimum atomic E-state index is -0.218. The molecule has 1 amide bonds. The van der Waals surface area contributed by atoms with Gasteiger partial charge < -0.3 is 15.3 Å². The molecular formula is C11H15ClN2O2. The third-order valence-electron chi connectivity index (χ3n) is 2.23. The highest BCUT2D eigenvalue weighted by molar-refractivity contribution is 6.30. The van der Waals surface area contributed by atoms with Crippen molar-refractivity contribution in [1.82, 2.24) is 10.2 Å². The molecule has 1 rings (SSSR count). The molecule has 0 spiro atoms. The van der Waals surface area contributed by atoms with Crippen molar-refractivity contribution >= 4 is 17.5 Å². The van der Waals surface area contributed by atoms with Gasteiger partial charge >= 0.3 is 0 Å². The Bertz CT molecular complexity index is 382. The van der Waals surface area contributed by atoms with Crippen molar-refractivity contribution < 1.29 is 9.90 Å². The van der Waals surface area contributed by atoms with Gasteiger partial charge in [0.15, 0.2) is 0 Å². The number of nitrogens with one attached hydrogen (secondary N) is 1. The van der Waals surface area contributed by atoms with E-state index in [0.29, 0.717) is 18.1 Å². The van der Waals surface area contributed by atoms with Gasteiger partial charge in [-0.05, 0) is 25.2 Å². The minimum Gasteiger partial charge on any atom is -0.507 e. The lowest BCUT2D eigenvalue weighted by Gasteiger charge is -2.17. The largest absolute Gasteiger partial charge is 0.507 e. The molecule has 0 heterocycles. The third kappa shape index (κ3) is 3.12. The Balaban J connectivity index is 2.79. The monoisotopic (exact) mass is 242 g/mol.